The van der Waals surface area contributed by atoms with Gasteiger partial charge in [-0.2, -0.15) is 0 Å². The molecular formula is C28H27NO2S2Si. The van der Waals surface area contributed by atoms with E-state index in [1.54, 1.807) is 11.8 Å². The molecule has 0 N–H and O–H groups in total. The number of nitrogens with zero attached hydrogens (tertiary/aromatic N) is 1. The molecule has 2 heterocycles. The number of rotatable bonds is 5. The molecule has 5 rings (SSSR count). The minimum atomic E-state index is -3.02. The van der Waals surface area contributed by atoms with Crippen molar-refractivity contribution in [1.29, 1.82) is 0 Å². The van der Waals surface area contributed by atoms with Crippen LogP contribution in [-0.2, 0) is 9.22 Å². The summed E-state index contributed by atoms with van der Waals surface area (Å²) in [7, 11) is -3.02. The highest BCUT2D eigenvalue weighted by Crippen LogP contribution is 2.51. The third kappa shape index (κ3) is 3.74. The molecule has 0 bridgehead atoms. The summed E-state index contributed by atoms with van der Waals surface area (Å²) in [5, 5.41) is 2.04. The van der Waals surface area contributed by atoms with Gasteiger partial charge in [-0.25, -0.2) is 4.79 Å². The fraction of sp³-hybridized carbons (Fsp3) is 0.214. The van der Waals surface area contributed by atoms with Gasteiger partial charge in [0.1, 0.15) is 5.70 Å². The van der Waals surface area contributed by atoms with Crippen molar-refractivity contribution in [3.05, 3.63) is 102 Å². The maximum absolute atomic E-state index is 14.2. The minimum Gasteiger partial charge on any atom is -0.505 e. The van der Waals surface area contributed by atoms with Gasteiger partial charge in [0.2, 0.25) is 0 Å². The quantitative estimate of drug-likeness (QED) is 0.337. The van der Waals surface area contributed by atoms with Crippen LogP contribution in [0.5, 0.6) is 0 Å². The topological polar surface area (TPSA) is 29.5 Å². The largest absolute Gasteiger partial charge is 0.505 e. The lowest BCUT2D eigenvalue weighted by molar-refractivity contribution is -0.132. The molecule has 0 saturated carbocycles. The molecular weight excluding hydrogens is 475 g/mol. The molecule has 0 spiro atoms. The summed E-state index contributed by atoms with van der Waals surface area (Å²) >= 11 is 7.32. The number of benzene rings is 3. The zero-order chi connectivity index (χ0) is 23.9. The second kappa shape index (κ2) is 8.84. The van der Waals surface area contributed by atoms with Crippen LogP contribution in [0.25, 0.3) is 4.91 Å². The summed E-state index contributed by atoms with van der Waals surface area (Å²) in [6.45, 7) is 6.54. The fourth-order valence-corrected chi connectivity index (χ4v) is 11.1. The molecule has 3 aromatic rings. The molecule has 0 radical (unpaired) electrons. The molecule has 0 amide bonds. The van der Waals surface area contributed by atoms with Crippen LogP contribution in [0, 0.1) is 0 Å². The molecule has 6 heteroatoms. The van der Waals surface area contributed by atoms with Gasteiger partial charge in [0, 0.05) is 11.3 Å². The number of fused-ring (bicyclic) bond motifs is 1. The molecule has 0 aliphatic carbocycles. The van der Waals surface area contributed by atoms with E-state index in [0.717, 1.165) is 32.3 Å². The third-order valence-electron chi connectivity index (χ3n) is 6.51. The Morgan fingerprint density at radius 2 is 1.41 bits per heavy atom. The smallest absolute Gasteiger partial charge is 0.343 e. The average molecular weight is 502 g/mol. The highest BCUT2D eigenvalue weighted by atomic mass is 32.2. The van der Waals surface area contributed by atoms with Gasteiger partial charge in [-0.3, -0.25) is 0 Å². The van der Waals surface area contributed by atoms with E-state index in [2.05, 4.69) is 45.0 Å². The van der Waals surface area contributed by atoms with Gasteiger partial charge >= 0.3 is 14.3 Å². The number of hydrogen-bond acceptors (Lipinski definition) is 4. The molecule has 1 atom stereocenters. The van der Waals surface area contributed by atoms with Crippen molar-refractivity contribution in [2.24, 2.45) is 0 Å². The van der Waals surface area contributed by atoms with Crippen molar-refractivity contribution in [2.75, 3.05) is 0 Å². The lowest BCUT2D eigenvalue weighted by Crippen LogP contribution is -2.67. The van der Waals surface area contributed by atoms with Gasteiger partial charge in [0.25, 0.3) is 0 Å². The van der Waals surface area contributed by atoms with E-state index in [9.17, 15) is 4.79 Å². The van der Waals surface area contributed by atoms with Crippen LogP contribution >= 0.6 is 24.0 Å². The molecule has 2 aliphatic rings. The number of thiocarbonyl (C=S) groups is 1. The lowest BCUT2D eigenvalue weighted by atomic mass is 10.1. The molecule has 0 aromatic heterocycles. The summed E-state index contributed by atoms with van der Waals surface area (Å²) in [5.74, 6) is -0.287. The summed E-state index contributed by atoms with van der Waals surface area (Å²) in [4.78, 5) is 18.0. The van der Waals surface area contributed by atoms with Gasteiger partial charge in [0.15, 0.2) is 0 Å². The maximum Gasteiger partial charge on any atom is 0.343 e. The highest BCUT2D eigenvalue weighted by Gasteiger charge is 2.55. The Morgan fingerprint density at radius 3 is 1.88 bits per heavy atom. The summed E-state index contributed by atoms with van der Waals surface area (Å²) in [6.07, 6.45) is 0.812. The monoisotopic (exact) mass is 501 g/mol. The van der Waals surface area contributed by atoms with Crippen molar-refractivity contribution in [3.8, 4) is 0 Å². The van der Waals surface area contributed by atoms with Gasteiger partial charge in [-0.05, 0) is 21.0 Å². The van der Waals surface area contributed by atoms with Crippen LogP contribution < -0.4 is 10.4 Å². The Balaban J connectivity index is 1.67. The van der Waals surface area contributed by atoms with Crippen molar-refractivity contribution in [3.63, 3.8) is 0 Å². The summed E-state index contributed by atoms with van der Waals surface area (Å²) < 4.78 is 6.84. The standard InChI is InChI=1S/C28H27NO2S2Si/c1-28(2,3)34(21-15-9-5-10-16-21,22-17-11-6-12-18-22)31-27(30)25-26(20-13-7-4-8-14-20)33-24-19-23(32)29(24)25/h4-18,24H,19H2,1-3H3/t24-/m0/s1. The Labute approximate surface area is 212 Å². The van der Waals surface area contributed by atoms with E-state index >= 15 is 0 Å². The molecule has 34 heavy (non-hydrogen) atoms. The average Bonchev–Trinajstić information content (AvgIpc) is 3.16. The third-order valence-corrected chi connectivity index (χ3v) is 13.1. The molecule has 172 valence electrons. The Morgan fingerprint density at radius 1 is 0.912 bits per heavy atom. The van der Waals surface area contributed by atoms with Gasteiger partial charge in [-0.15, -0.1) is 0 Å². The predicted molar refractivity (Wildman–Crippen MR) is 148 cm³/mol. The van der Waals surface area contributed by atoms with E-state index in [-0.39, 0.29) is 16.4 Å². The van der Waals surface area contributed by atoms with Crippen LogP contribution in [0.4, 0.5) is 0 Å². The number of carbonyl (C=O) groups excluding carboxylic acids is 1. The lowest BCUT2D eigenvalue weighted by Gasteiger charge is -2.43. The zero-order valence-electron chi connectivity index (χ0n) is 19.5. The summed E-state index contributed by atoms with van der Waals surface area (Å²) in [5.41, 5.74) is 1.62. The van der Waals surface area contributed by atoms with Crippen LogP contribution in [-0.4, -0.2) is 29.5 Å². The minimum absolute atomic E-state index is 0.171. The van der Waals surface area contributed by atoms with E-state index < -0.39 is 8.32 Å². The molecule has 2 aliphatic heterocycles. The maximum atomic E-state index is 14.2. The number of thioether (sulfide) groups is 1. The van der Waals surface area contributed by atoms with Crippen molar-refractivity contribution < 1.29 is 9.22 Å². The molecule has 1 saturated heterocycles. The number of hydrogen-bond donors (Lipinski definition) is 0. The molecule has 3 nitrogen and oxygen atoms in total. The van der Waals surface area contributed by atoms with Gasteiger partial charge in [0.05, 0.1) is 10.4 Å². The zero-order valence-corrected chi connectivity index (χ0v) is 22.2. The summed E-state index contributed by atoms with van der Waals surface area (Å²) in [6, 6.07) is 30.6. The van der Waals surface area contributed by atoms with Crippen LogP contribution in [0.1, 0.15) is 32.8 Å². The Kier molecular flexibility index (Phi) is 6.00. The first-order valence-corrected chi connectivity index (χ1v) is 14.7. The van der Waals surface area contributed by atoms with Gasteiger partial charge in [-0.1, -0.05) is 136 Å². The SMILES string of the molecule is CC(C)(C)[Si](OC(=O)C1=C(c2ccccc2)S[C@H]2CC(=S)N12)(c1ccccc1)c1ccccc1. The number of carbonyl (C=O) groups is 1. The first-order valence-electron chi connectivity index (χ1n) is 11.5. The second-order valence-corrected chi connectivity index (χ2v) is 15.5. The fourth-order valence-electron chi connectivity index (χ4n) is 4.87. The molecule has 0 unspecified atom stereocenters. The molecule has 1 fully saturated rings. The van der Waals surface area contributed by atoms with E-state index in [4.69, 9.17) is 16.6 Å². The van der Waals surface area contributed by atoms with E-state index in [0.29, 0.717) is 5.70 Å². The Bertz CT molecular complexity index is 1210. The van der Waals surface area contributed by atoms with E-state index in [1.807, 2.05) is 71.6 Å². The van der Waals surface area contributed by atoms with Crippen molar-refractivity contribution >= 4 is 58.5 Å². The second-order valence-electron chi connectivity index (χ2n) is 9.64. The van der Waals surface area contributed by atoms with Gasteiger partial charge < -0.3 is 9.33 Å². The first-order chi connectivity index (χ1) is 16.3. The predicted octanol–water partition coefficient (Wildman–Crippen LogP) is 5.56. The van der Waals surface area contributed by atoms with Crippen LogP contribution in [0.15, 0.2) is 96.7 Å². The first kappa shape index (κ1) is 23.1. The highest BCUT2D eigenvalue weighted by molar-refractivity contribution is 8.09. The van der Waals surface area contributed by atoms with Crippen LogP contribution in [0.2, 0.25) is 5.04 Å². The normalized spacial score (nSPS) is 17.9. The van der Waals surface area contributed by atoms with Crippen LogP contribution in [0.3, 0.4) is 0 Å². The van der Waals surface area contributed by atoms with E-state index in [1.165, 1.54) is 0 Å². The van der Waals surface area contributed by atoms with Crippen molar-refractivity contribution in [2.45, 2.75) is 37.6 Å². The van der Waals surface area contributed by atoms with Crippen molar-refractivity contribution in [1.82, 2.24) is 4.90 Å². The Hall–Kier alpha value is -2.67. The molecule has 3 aromatic carbocycles.